The van der Waals surface area contributed by atoms with Crippen LogP contribution in [0.15, 0.2) is 0 Å². The third kappa shape index (κ3) is 6.87. The van der Waals surface area contributed by atoms with Crippen LogP contribution >= 0.6 is 0 Å². The van der Waals surface area contributed by atoms with E-state index in [9.17, 15) is 8.42 Å². The van der Waals surface area contributed by atoms with Crippen molar-refractivity contribution in [2.75, 3.05) is 31.1 Å². The molecule has 0 rings (SSSR count). The lowest BCUT2D eigenvalue weighted by atomic mass is 10.3. The Morgan fingerprint density at radius 1 is 1.20 bits per heavy atom. The normalized spacial score (nSPS) is 14.5. The quantitative estimate of drug-likeness (QED) is 0.666. The van der Waals surface area contributed by atoms with Crippen molar-refractivity contribution in [3.63, 3.8) is 0 Å². The van der Waals surface area contributed by atoms with Crippen LogP contribution < -0.4 is 5.73 Å². The Bertz CT molecular complexity index is 248. The van der Waals surface area contributed by atoms with Crippen molar-refractivity contribution in [2.45, 2.75) is 33.2 Å². The highest BCUT2D eigenvalue weighted by atomic mass is 32.2. The molecule has 1 unspecified atom stereocenters. The highest BCUT2D eigenvalue weighted by Gasteiger charge is 2.15. The molecule has 92 valence electrons. The van der Waals surface area contributed by atoms with Crippen LogP contribution in [-0.2, 0) is 9.84 Å². The van der Waals surface area contributed by atoms with E-state index in [1.807, 2.05) is 20.8 Å². The number of nitrogens with zero attached hydrogens (tertiary/aromatic N) is 1. The molecule has 0 aromatic rings. The zero-order valence-electron chi connectivity index (χ0n) is 10.1. The van der Waals surface area contributed by atoms with Gasteiger partial charge in [-0.2, -0.15) is 0 Å². The van der Waals surface area contributed by atoms with E-state index >= 15 is 0 Å². The van der Waals surface area contributed by atoms with Crippen LogP contribution in [0.2, 0.25) is 0 Å². The van der Waals surface area contributed by atoms with Crippen LogP contribution in [0.3, 0.4) is 0 Å². The van der Waals surface area contributed by atoms with E-state index in [4.69, 9.17) is 5.73 Å². The molecule has 4 nitrogen and oxygen atoms in total. The van der Waals surface area contributed by atoms with E-state index in [1.165, 1.54) is 0 Å². The Morgan fingerprint density at radius 3 is 2.13 bits per heavy atom. The largest absolute Gasteiger partial charge is 0.327 e. The van der Waals surface area contributed by atoms with Gasteiger partial charge in [0.05, 0.1) is 11.5 Å². The topological polar surface area (TPSA) is 63.4 Å². The zero-order valence-corrected chi connectivity index (χ0v) is 10.9. The predicted octanol–water partition coefficient (Wildman–Crippen LogP) is 0.480. The first kappa shape index (κ1) is 14.9. The minimum atomic E-state index is -2.97. The predicted molar refractivity (Wildman–Crippen MR) is 64.7 cm³/mol. The third-order valence-electron chi connectivity index (χ3n) is 2.61. The summed E-state index contributed by atoms with van der Waals surface area (Å²) in [5.74, 6) is 0.340. The van der Waals surface area contributed by atoms with Crippen LogP contribution in [0.25, 0.3) is 0 Å². The second-order valence-corrected chi connectivity index (χ2v) is 6.04. The number of nitrogens with two attached hydrogens (primary N) is 1. The van der Waals surface area contributed by atoms with Crippen LogP contribution in [0.1, 0.15) is 27.2 Å². The highest BCUT2D eigenvalue weighted by molar-refractivity contribution is 7.91. The lowest BCUT2D eigenvalue weighted by molar-refractivity contribution is 0.321. The van der Waals surface area contributed by atoms with E-state index in [2.05, 4.69) is 4.90 Å². The molecular formula is C10H24N2O2S. The summed E-state index contributed by atoms with van der Waals surface area (Å²) in [4.78, 5) is 2.11. The van der Waals surface area contributed by atoms with Gasteiger partial charge >= 0.3 is 0 Å². The summed E-state index contributed by atoms with van der Waals surface area (Å²) in [6.07, 6.45) is 0.713. The summed E-state index contributed by atoms with van der Waals surface area (Å²) >= 11 is 0. The van der Waals surface area contributed by atoms with Gasteiger partial charge in [-0.25, -0.2) is 8.42 Å². The standard InChI is InChI=1S/C10H24N2O2S/c1-4-10(11)9-15(13,14)8-7-12(5-2)6-3/h10H,4-9,11H2,1-3H3. The number of sulfone groups is 1. The van der Waals surface area contributed by atoms with E-state index in [1.54, 1.807) is 0 Å². The molecule has 2 N–H and O–H groups in total. The molecule has 0 fully saturated rings. The first-order valence-electron chi connectivity index (χ1n) is 5.63. The SMILES string of the molecule is CCC(N)CS(=O)(=O)CCN(CC)CC. The molecule has 5 heteroatoms. The minimum Gasteiger partial charge on any atom is -0.327 e. The van der Waals surface area contributed by atoms with Gasteiger partial charge in [0.25, 0.3) is 0 Å². The number of hydrogen-bond donors (Lipinski definition) is 1. The lowest BCUT2D eigenvalue weighted by Gasteiger charge is -2.18. The van der Waals surface area contributed by atoms with Crippen molar-refractivity contribution >= 4 is 9.84 Å². The smallest absolute Gasteiger partial charge is 0.153 e. The molecule has 1 atom stereocenters. The molecule has 0 amide bonds. The van der Waals surface area contributed by atoms with Gasteiger partial charge in [-0.3, -0.25) is 0 Å². The Kier molecular flexibility index (Phi) is 7.13. The second kappa shape index (κ2) is 7.19. The Labute approximate surface area is 93.7 Å². The summed E-state index contributed by atoms with van der Waals surface area (Å²) in [5.41, 5.74) is 5.64. The van der Waals surface area contributed by atoms with E-state index in [-0.39, 0.29) is 17.5 Å². The fourth-order valence-electron chi connectivity index (χ4n) is 1.34. The van der Waals surface area contributed by atoms with Crippen LogP contribution in [-0.4, -0.2) is 50.5 Å². The minimum absolute atomic E-state index is 0.116. The van der Waals surface area contributed by atoms with Crippen molar-refractivity contribution in [2.24, 2.45) is 5.73 Å². The first-order valence-corrected chi connectivity index (χ1v) is 7.45. The Hall–Kier alpha value is -0.130. The van der Waals surface area contributed by atoms with Crippen LogP contribution in [0.5, 0.6) is 0 Å². The molecule has 0 aliphatic carbocycles. The summed E-state index contributed by atoms with van der Waals surface area (Å²) in [7, 11) is -2.97. The summed E-state index contributed by atoms with van der Waals surface area (Å²) in [6, 6.07) is -0.216. The lowest BCUT2D eigenvalue weighted by Crippen LogP contribution is -2.34. The molecule has 0 aliphatic rings. The first-order chi connectivity index (χ1) is 6.95. The van der Waals surface area contributed by atoms with E-state index in [0.717, 1.165) is 13.1 Å². The maximum atomic E-state index is 11.6. The summed E-state index contributed by atoms with van der Waals surface area (Å²) < 4.78 is 23.3. The molecule has 15 heavy (non-hydrogen) atoms. The summed E-state index contributed by atoms with van der Waals surface area (Å²) in [6.45, 7) is 8.38. The molecule has 0 spiro atoms. The molecule has 0 aromatic carbocycles. The highest BCUT2D eigenvalue weighted by Crippen LogP contribution is 1.98. The van der Waals surface area contributed by atoms with Crippen molar-refractivity contribution in [1.82, 2.24) is 4.90 Å². The monoisotopic (exact) mass is 236 g/mol. The van der Waals surface area contributed by atoms with Gasteiger partial charge in [0.15, 0.2) is 9.84 Å². The Balaban J connectivity index is 4.04. The van der Waals surface area contributed by atoms with Crippen LogP contribution in [0, 0.1) is 0 Å². The number of rotatable bonds is 8. The van der Waals surface area contributed by atoms with E-state index in [0.29, 0.717) is 13.0 Å². The Morgan fingerprint density at radius 2 is 1.73 bits per heavy atom. The van der Waals surface area contributed by atoms with Gasteiger partial charge in [0.2, 0.25) is 0 Å². The van der Waals surface area contributed by atoms with Gasteiger partial charge in [-0.05, 0) is 19.5 Å². The molecule has 0 bridgehead atoms. The van der Waals surface area contributed by atoms with Gasteiger partial charge in [-0.15, -0.1) is 0 Å². The fraction of sp³-hybridized carbons (Fsp3) is 1.00. The third-order valence-corrected chi connectivity index (χ3v) is 4.35. The summed E-state index contributed by atoms with van der Waals surface area (Å²) in [5, 5.41) is 0. The second-order valence-electron chi connectivity index (χ2n) is 3.81. The molecule has 0 saturated heterocycles. The number of hydrogen-bond acceptors (Lipinski definition) is 4. The van der Waals surface area contributed by atoms with Crippen molar-refractivity contribution in [3.8, 4) is 0 Å². The van der Waals surface area contributed by atoms with E-state index < -0.39 is 9.84 Å². The van der Waals surface area contributed by atoms with Gasteiger partial charge < -0.3 is 10.6 Å². The fourth-order valence-corrected chi connectivity index (χ4v) is 2.93. The maximum Gasteiger partial charge on any atom is 0.153 e. The van der Waals surface area contributed by atoms with Gasteiger partial charge in [0.1, 0.15) is 0 Å². The molecule has 0 aliphatic heterocycles. The molecule has 0 radical (unpaired) electrons. The molecule has 0 aromatic heterocycles. The van der Waals surface area contributed by atoms with Crippen molar-refractivity contribution in [3.05, 3.63) is 0 Å². The molecular weight excluding hydrogens is 212 g/mol. The van der Waals surface area contributed by atoms with Gasteiger partial charge in [0, 0.05) is 12.6 Å². The average Bonchev–Trinajstić information content (AvgIpc) is 2.18. The molecule has 0 heterocycles. The molecule has 0 saturated carbocycles. The van der Waals surface area contributed by atoms with Crippen LogP contribution in [0.4, 0.5) is 0 Å². The maximum absolute atomic E-state index is 11.6. The van der Waals surface area contributed by atoms with Crippen molar-refractivity contribution < 1.29 is 8.42 Å². The zero-order chi connectivity index (χ0) is 11.9. The van der Waals surface area contributed by atoms with Gasteiger partial charge in [-0.1, -0.05) is 20.8 Å². The van der Waals surface area contributed by atoms with Crippen molar-refractivity contribution in [1.29, 1.82) is 0 Å². The average molecular weight is 236 g/mol.